The molecule has 0 aliphatic carbocycles. The van der Waals surface area contributed by atoms with Crippen molar-refractivity contribution in [3.05, 3.63) is 36.2 Å². The molecule has 0 saturated carbocycles. The van der Waals surface area contributed by atoms with Gasteiger partial charge >= 0.3 is 12.6 Å². The smallest absolute Gasteiger partial charge is 0.333 e. The lowest BCUT2D eigenvalue weighted by Gasteiger charge is -2.29. The largest absolute Gasteiger partial charge is 0.497 e. The van der Waals surface area contributed by atoms with Crippen molar-refractivity contribution >= 4 is 11.7 Å². The fourth-order valence-corrected chi connectivity index (χ4v) is 2.79. The first-order valence-corrected chi connectivity index (χ1v) is 8.01. The number of carbonyl (C=O) groups excluding carboxylic acids is 1. The number of carbonyl (C=O) groups is 1. The predicted octanol–water partition coefficient (Wildman–Crippen LogP) is 3.49. The highest BCUT2D eigenvalue weighted by Gasteiger charge is 2.32. The number of nitrogens with zero attached hydrogens (tertiary/aromatic N) is 3. The van der Waals surface area contributed by atoms with E-state index >= 15 is 0 Å². The fraction of sp³-hybridized carbons (Fsp3) is 0.412. The summed E-state index contributed by atoms with van der Waals surface area (Å²) in [7, 11) is 1.57. The highest BCUT2D eigenvalue weighted by molar-refractivity contribution is 5.89. The van der Waals surface area contributed by atoms with Gasteiger partial charge in [-0.15, -0.1) is 0 Å². The molecular weight excluding hydrogens is 346 g/mol. The lowest BCUT2D eigenvalue weighted by molar-refractivity contribution is 0.0566. The van der Waals surface area contributed by atoms with Crippen molar-refractivity contribution < 1.29 is 23.0 Å². The predicted molar refractivity (Wildman–Crippen MR) is 90.6 cm³/mol. The van der Waals surface area contributed by atoms with E-state index in [4.69, 9.17) is 9.47 Å². The Hall–Kier alpha value is -2.84. The van der Waals surface area contributed by atoms with Gasteiger partial charge in [-0.2, -0.15) is 13.9 Å². The molecule has 1 aliphatic heterocycles. The molecular formula is C17H20F2N4O3. The zero-order valence-corrected chi connectivity index (χ0v) is 14.7. The summed E-state index contributed by atoms with van der Waals surface area (Å²) in [6.07, 6.45) is 2.27. The topological polar surface area (TPSA) is 68.6 Å². The van der Waals surface area contributed by atoms with Crippen LogP contribution in [-0.4, -0.2) is 40.0 Å². The third-order valence-electron chi connectivity index (χ3n) is 3.93. The Morgan fingerprint density at radius 2 is 2.19 bits per heavy atom. The van der Waals surface area contributed by atoms with E-state index in [1.165, 1.54) is 6.20 Å². The number of alkyl halides is 2. The van der Waals surface area contributed by atoms with Crippen molar-refractivity contribution in [2.24, 2.45) is 0 Å². The molecule has 2 heterocycles. The molecule has 7 nitrogen and oxygen atoms in total. The molecule has 0 saturated heterocycles. The van der Waals surface area contributed by atoms with Gasteiger partial charge in [0.05, 0.1) is 38.3 Å². The molecule has 2 amide bonds. The molecule has 1 aromatic carbocycles. The minimum Gasteiger partial charge on any atom is -0.497 e. The first-order valence-electron chi connectivity index (χ1n) is 8.01. The van der Waals surface area contributed by atoms with Gasteiger partial charge in [0.2, 0.25) is 0 Å². The number of anilines is 1. The maximum absolute atomic E-state index is 12.6. The van der Waals surface area contributed by atoms with E-state index in [1.807, 2.05) is 19.9 Å². The number of ether oxygens (including phenoxy) is 2. The molecule has 1 N–H and O–H groups in total. The van der Waals surface area contributed by atoms with Gasteiger partial charge in [0.15, 0.2) is 0 Å². The second kappa shape index (κ2) is 6.81. The van der Waals surface area contributed by atoms with E-state index in [0.29, 0.717) is 29.3 Å². The number of urea groups is 1. The molecule has 3 rings (SSSR count). The molecule has 0 bridgehead atoms. The first-order chi connectivity index (χ1) is 12.3. The number of fused-ring (bicyclic) bond motifs is 1. The van der Waals surface area contributed by atoms with E-state index < -0.39 is 18.2 Å². The molecule has 0 fully saturated rings. The SMILES string of the molecule is COc1ccc2c(c1)OC(C)(C)CN(C(=O)Nc1cnn(C(F)F)c1)C2. The van der Waals surface area contributed by atoms with E-state index in [1.54, 1.807) is 24.1 Å². The summed E-state index contributed by atoms with van der Waals surface area (Å²) in [5.74, 6) is 1.31. The molecule has 2 aromatic rings. The van der Waals surface area contributed by atoms with Gasteiger partial charge in [0.1, 0.15) is 17.1 Å². The Balaban J connectivity index is 1.80. The average Bonchev–Trinajstić information content (AvgIpc) is 2.98. The summed E-state index contributed by atoms with van der Waals surface area (Å²) in [6.45, 7) is 1.62. The second-order valence-electron chi connectivity index (χ2n) is 6.61. The summed E-state index contributed by atoms with van der Waals surface area (Å²) < 4.78 is 36.9. The zero-order valence-electron chi connectivity index (χ0n) is 14.7. The zero-order chi connectivity index (χ0) is 18.9. The molecule has 0 unspecified atom stereocenters. The maximum Gasteiger partial charge on any atom is 0.333 e. The Morgan fingerprint density at radius 1 is 1.42 bits per heavy atom. The van der Waals surface area contributed by atoms with E-state index in [2.05, 4.69) is 10.4 Å². The average molecular weight is 366 g/mol. The summed E-state index contributed by atoms with van der Waals surface area (Å²) in [5.41, 5.74) is 0.394. The number of amides is 2. The van der Waals surface area contributed by atoms with Crippen molar-refractivity contribution in [1.82, 2.24) is 14.7 Å². The Labute approximate surface area is 149 Å². The molecule has 0 spiro atoms. The first kappa shape index (κ1) is 18.0. The van der Waals surface area contributed by atoms with Gasteiger partial charge in [-0.1, -0.05) is 0 Å². The van der Waals surface area contributed by atoms with Crippen molar-refractivity contribution in [2.75, 3.05) is 19.0 Å². The minimum absolute atomic E-state index is 0.202. The second-order valence-corrected chi connectivity index (χ2v) is 6.61. The number of hydrogen-bond donors (Lipinski definition) is 1. The number of aromatic nitrogens is 2. The highest BCUT2D eigenvalue weighted by Crippen LogP contribution is 2.32. The van der Waals surface area contributed by atoms with Gasteiger partial charge in [0, 0.05) is 11.6 Å². The number of rotatable bonds is 3. The van der Waals surface area contributed by atoms with E-state index in [-0.39, 0.29) is 5.69 Å². The summed E-state index contributed by atoms with van der Waals surface area (Å²) in [4.78, 5) is 14.2. The van der Waals surface area contributed by atoms with Crippen LogP contribution in [0, 0.1) is 0 Å². The van der Waals surface area contributed by atoms with Gasteiger partial charge in [-0.05, 0) is 26.0 Å². The van der Waals surface area contributed by atoms with Crippen LogP contribution in [0.15, 0.2) is 30.6 Å². The monoisotopic (exact) mass is 366 g/mol. The summed E-state index contributed by atoms with van der Waals surface area (Å²) >= 11 is 0. The molecule has 140 valence electrons. The van der Waals surface area contributed by atoms with Crippen LogP contribution < -0.4 is 14.8 Å². The van der Waals surface area contributed by atoms with Gasteiger partial charge in [-0.25, -0.2) is 9.48 Å². The number of halogens is 2. The summed E-state index contributed by atoms with van der Waals surface area (Å²) in [6, 6.07) is 5.00. The molecule has 1 aromatic heterocycles. The van der Waals surface area contributed by atoms with Crippen LogP contribution in [0.2, 0.25) is 0 Å². The maximum atomic E-state index is 12.6. The third-order valence-corrected chi connectivity index (χ3v) is 3.93. The molecule has 1 aliphatic rings. The van der Waals surface area contributed by atoms with Crippen LogP contribution in [-0.2, 0) is 6.54 Å². The van der Waals surface area contributed by atoms with Gasteiger partial charge in [-0.3, -0.25) is 0 Å². The van der Waals surface area contributed by atoms with Crippen molar-refractivity contribution in [2.45, 2.75) is 32.5 Å². The standard InChI is InChI=1S/C17H20F2N4O3/c1-17(2)10-22(8-11-4-5-13(25-3)6-14(11)26-17)16(24)21-12-7-20-23(9-12)15(18)19/h4-7,9,15H,8,10H2,1-3H3,(H,21,24). The van der Waals surface area contributed by atoms with Crippen LogP contribution >= 0.6 is 0 Å². The van der Waals surface area contributed by atoms with E-state index in [0.717, 1.165) is 11.8 Å². The van der Waals surface area contributed by atoms with Crippen molar-refractivity contribution in [3.63, 3.8) is 0 Å². The third kappa shape index (κ3) is 3.87. The molecule has 0 radical (unpaired) electrons. The van der Waals surface area contributed by atoms with Gasteiger partial charge in [0.25, 0.3) is 0 Å². The Morgan fingerprint density at radius 3 is 2.85 bits per heavy atom. The fourth-order valence-electron chi connectivity index (χ4n) is 2.79. The highest BCUT2D eigenvalue weighted by atomic mass is 19.3. The Bertz CT molecular complexity index is 807. The number of hydrogen-bond acceptors (Lipinski definition) is 4. The minimum atomic E-state index is -2.76. The number of methoxy groups -OCH3 is 1. The van der Waals surface area contributed by atoms with Crippen LogP contribution in [0.25, 0.3) is 0 Å². The van der Waals surface area contributed by atoms with Crippen LogP contribution in [0.4, 0.5) is 19.3 Å². The molecule has 26 heavy (non-hydrogen) atoms. The lowest BCUT2D eigenvalue weighted by atomic mass is 10.1. The summed E-state index contributed by atoms with van der Waals surface area (Å²) in [5, 5.41) is 6.11. The van der Waals surface area contributed by atoms with Crippen LogP contribution in [0.1, 0.15) is 26.0 Å². The van der Waals surface area contributed by atoms with E-state index in [9.17, 15) is 13.6 Å². The molecule has 9 heteroatoms. The van der Waals surface area contributed by atoms with Gasteiger partial charge < -0.3 is 19.7 Å². The Kier molecular flexibility index (Phi) is 4.71. The van der Waals surface area contributed by atoms with Crippen LogP contribution in [0.3, 0.4) is 0 Å². The van der Waals surface area contributed by atoms with Crippen LogP contribution in [0.5, 0.6) is 11.5 Å². The quantitative estimate of drug-likeness (QED) is 0.903. The van der Waals surface area contributed by atoms with Crippen molar-refractivity contribution in [1.29, 1.82) is 0 Å². The van der Waals surface area contributed by atoms with Crippen molar-refractivity contribution in [3.8, 4) is 11.5 Å². The molecule has 0 atom stereocenters. The lowest BCUT2D eigenvalue weighted by Crippen LogP contribution is -2.44. The number of benzene rings is 1. The normalized spacial score (nSPS) is 15.8. The number of nitrogens with one attached hydrogen (secondary N) is 1.